The van der Waals surface area contributed by atoms with E-state index in [1.807, 2.05) is 42.5 Å². The van der Waals surface area contributed by atoms with Crippen LogP contribution in [0.15, 0.2) is 58.7 Å². The maximum Gasteiger partial charge on any atom is 0.282 e. The van der Waals surface area contributed by atoms with E-state index in [9.17, 15) is 4.79 Å². The molecule has 0 fully saturated rings. The minimum Gasteiger partial charge on any atom is -0.493 e. The van der Waals surface area contributed by atoms with Crippen molar-refractivity contribution in [1.29, 1.82) is 0 Å². The first-order chi connectivity index (χ1) is 16.1. The van der Waals surface area contributed by atoms with Gasteiger partial charge in [-0.3, -0.25) is 4.79 Å². The third-order valence-corrected chi connectivity index (χ3v) is 7.16. The number of para-hydroxylation sites is 1. The summed E-state index contributed by atoms with van der Waals surface area (Å²) in [5.74, 6) is 1.13. The fraction of sp³-hybridized carbons (Fsp3) is 0.240. The first kappa shape index (κ1) is 21.7. The Bertz CT molecular complexity index is 1390. The highest BCUT2D eigenvalue weighted by Gasteiger charge is 2.20. The van der Waals surface area contributed by atoms with Crippen molar-refractivity contribution in [3.63, 3.8) is 0 Å². The van der Waals surface area contributed by atoms with Crippen molar-refractivity contribution in [2.75, 3.05) is 7.11 Å². The Balaban J connectivity index is 1.47. The van der Waals surface area contributed by atoms with Crippen LogP contribution in [0, 0.1) is 0 Å². The topological polar surface area (TPSA) is 65.7 Å². The normalized spacial score (nSPS) is 13.4. The van der Waals surface area contributed by atoms with Gasteiger partial charge in [-0.2, -0.15) is 9.78 Å². The van der Waals surface area contributed by atoms with Gasteiger partial charge in [0.2, 0.25) is 0 Å². The van der Waals surface area contributed by atoms with Crippen LogP contribution in [0.1, 0.15) is 34.4 Å². The number of aromatic nitrogens is 2. The standard InChI is InChI=1S/C25H22ClN3O3S/c1-31-20-7-4-5-17(23(20)32-14-16-9-11-18(26)12-10-16)13-28-29-15-27-24-22(25(29)30)19-6-2-3-8-21(19)33-24/h4-5,7,9-13,15H,2-3,6,8,14H2,1H3/b28-13-. The number of hydrogen-bond donors (Lipinski definition) is 0. The Labute approximate surface area is 200 Å². The van der Waals surface area contributed by atoms with E-state index in [0.717, 1.165) is 35.2 Å². The van der Waals surface area contributed by atoms with E-state index < -0.39 is 0 Å². The van der Waals surface area contributed by atoms with Crippen LogP contribution >= 0.6 is 22.9 Å². The first-order valence-corrected chi connectivity index (χ1v) is 11.9. The van der Waals surface area contributed by atoms with Crippen LogP contribution in [-0.2, 0) is 19.4 Å². The van der Waals surface area contributed by atoms with Crippen LogP contribution in [-0.4, -0.2) is 23.0 Å². The third kappa shape index (κ3) is 4.38. The minimum atomic E-state index is -0.137. The molecule has 5 rings (SSSR count). The first-order valence-electron chi connectivity index (χ1n) is 10.7. The number of ether oxygens (including phenoxy) is 2. The summed E-state index contributed by atoms with van der Waals surface area (Å²) in [6.07, 6.45) is 7.32. The van der Waals surface area contributed by atoms with E-state index >= 15 is 0 Å². The lowest BCUT2D eigenvalue weighted by atomic mass is 9.97. The molecule has 0 unspecified atom stereocenters. The van der Waals surface area contributed by atoms with Gasteiger partial charge >= 0.3 is 0 Å². The summed E-state index contributed by atoms with van der Waals surface area (Å²) >= 11 is 7.60. The quantitative estimate of drug-likeness (QED) is 0.344. The fourth-order valence-electron chi connectivity index (χ4n) is 4.03. The second-order valence-corrected chi connectivity index (χ2v) is 9.34. The predicted octanol–water partition coefficient (Wildman–Crippen LogP) is 5.46. The van der Waals surface area contributed by atoms with Crippen molar-refractivity contribution in [2.45, 2.75) is 32.3 Å². The molecule has 0 atom stereocenters. The molecule has 0 spiro atoms. The van der Waals surface area contributed by atoms with Crippen molar-refractivity contribution < 1.29 is 9.47 Å². The van der Waals surface area contributed by atoms with Gasteiger partial charge in [0.1, 0.15) is 17.8 Å². The molecule has 8 heteroatoms. The summed E-state index contributed by atoms with van der Waals surface area (Å²) < 4.78 is 12.9. The summed E-state index contributed by atoms with van der Waals surface area (Å²) in [7, 11) is 1.59. The molecule has 6 nitrogen and oxygen atoms in total. The van der Waals surface area contributed by atoms with Gasteiger partial charge in [0.05, 0.1) is 18.7 Å². The Kier molecular flexibility index (Phi) is 6.15. The molecule has 1 aliphatic carbocycles. The molecular weight excluding hydrogens is 458 g/mol. The maximum atomic E-state index is 13.2. The summed E-state index contributed by atoms with van der Waals surface area (Å²) in [5, 5.41) is 5.81. The van der Waals surface area contributed by atoms with E-state index in [2.05, 4.69) is 10.1 Å². The molecule has 33 heavy (non-hydrogen) atoms. The average Bonchev–Trinajstić information content (AvgIpc) is 3.23. The predicted molar refractivity (Wildman–Crippen MR) is 132 cm³/mol. The largest absolute Gasteiger partial charge is 0.493 e. The van der Waals surface area contributed by atoms with Gasteiger partial charge in [-0.05, 0) is 61.1 Å². The molecular formula is C25H22ClN3O3S. The fourth-order valence-corrected chi connectivity index (χ4v) is 5.38. The van der Waals surface area contributed by atoms with Crippen LogP contribution < -0.4 is 15.0 Å². The highest BCUT2D eigenvalue weighted by atomic mass is 35.5. The van der Waals surface area contributed by atoms with Crippen molar-refractivity contribution in [2.24, 2.45) is 5.10 Å². The number of rotatable bonds is 6. The lowest BCUT2D eigenvalue weighted by Gasteiger charge is -2.13. The SMILES string of the molecule is COc1cccc(/C=N\n2cnc3sc4c(c3c2=O)CCCC4)c1OCc1ccc(Cl)cc1. The number of aryl methyl sites for hydroxylation is 2. The van der Waals surface area contributed by atoms with Crippen LogP contribution in [0.25, 0.3) is 10.2 Å². The molecule has 2 aromatic carbocycles. The van der Waals surface area contributed by atoms with Crippen molar-refractivity contribution in [1.82, 2.24) is 9.66 Å². The highest BCUT2D eigenvalue weighted by molar-refractivity contribution is 7.18. The zero-order chi connectivity index (χ0) is 22.8. The van der Waals surface area contributed by atoms with Crippen molar-refractivity contribution >= 4 is 39.4 Å². The summed E-state index contributed by atoms with van der Waals surface area (Å²) in [6.45, 7) is 0.340. The maximum absolute atomic E-state index is 13.2. The molecule has 0 N–H and O–H groups in total. The molecule has 0 amide bonds. The lowest BCUT2D eigenvalue weighted by molar-refractivity contribution is 0.284. The second kappa shape index (κ2) is 9.37. The third-order valence-electron chi connectivity index (χ3n) is 5.71. The molecule has 4 aromatic rings. The van der Waals surface area contributed by atoms with Gasteiger partial charge in [0.25, 0.3) is 5.56 Å². The molecule has 0 bridgehead atoms. The molecule has 0 saturated carbocycles. The molecule has 168 valence electrons. The number of fused-ring (bicyclic) bond motifs is 3. The molecule has 0 aliphatic heterocycles. The van der Waals surface area contributed by atoms with Gasteiger partial charge in [-0.25, -0.2) is 4.98 Å². The lowest BCUT2D eigenvalue weighted by Crippen LogP contribution is -2.18. The van der Waals surface area contributed by atoms with Crippen molar-refractivity contribution in [3.8, 4) is 11.5 Å². The van der Waals surface area contributed by atoms with E-state index in [1.54, 1.807) is 24.7 Å². The van der Waals surface area contributed by atoms with Crippen LogP contribution in [0.3, 0.4) is 0 Å². The molecule has 2 heterocycles. The Morgan fingerprint density at radius 1 is 1.18 bits per heavy atom. The smallest absolute Gasteiger partial charge is 0.282 e. The van der Waals surface area contributed by atoms with Crippen LogP contribution in [0.2, 0.25) is 5.02 Å². The molecule has 0 radical (unpaired) electrons. The summed E-state index contributed by atoms with van der Waals surface area (Å²) in [4.78, 5) is 19.8. The number of benzene rings is 2. The number of thiophene rings is 1. The Morgan fingerprint density at radius 2 is 2.00 bits per heavy atom. The summed E-state index contributed by atoms with van der Waals surface area (Å²) in [5.41, 5.74) is 2.68. The van der Waals surface area contributed by atoms with Crippen molar-refractivity contribution in [3.05, 3.63) is 85.7 Å². The number of hydrogen-bond acceptors (Lipinski definition) is 6. The Hall–Kier alpha value is -3.16. The van der Waals surface area contributed by atoms with Gasteiger partial charge in [-0.1, -0.05) is 29.8 Å². The van der Waals surface area contributed by atoms with Gasteiger partial charge in [-0.15, -0.1) is 11.3 Å². The average molecular weight is 480 g/mol. The Morgan fingerprint density at radius 3 is 2.82 bits per heavy atom. The monoisotopic (exact) mass is 479 g/mol. The summed E-state index contributed by atoms with van der Waals surface area (Å²) in [6, 6.07) is 13.0. The number of methoxy groups -OCH3 is 1. The zero-order valence-corrected chi connectivity index (χ0v) is 19.7. The number of nitrogens with zero attached hydrogens (tertiary/aromatic N) is 3. The number of halogens is 1. The molecule has 2 aromatic heterocycles. The van der Waals surface area contributed by atoms with E-state index in [4.69, 9.17) is 21.1 Å². The van der Waals surface area contributed by atoms with Crippen LogP contribution in [0.5, 0.6) is 11.5 Å². The zero-order valence-electron chi connectivity index (χ0n) is 18.1. The van der Waals surface area contributed by atoms with Gasteiger partial charge < -0.3 is 9.47 Å². The van der Waals surface area contributed by atoms with E-state index in [0.29, 0.717) is 34.1 Å². The van der Waals surface area contributed by atoms with Crippen LogP contribution in [0.4, 0.5) is 0 Å². The molecule has 1 aliphatic rings. The highest BCUT2D eigenvalue weighted by Crippen LogP contribution is 2.33. The minimum absolute atomic E-state index is 0.137. The molecule has 0 saturated heterocycles. The second-order valence-electron chi connectivity index (χ2n) is 7.82. The van der Waals surface area contributed by atoms with E-state index in [1.165, 1.54) is 22.3 Å². The van der Waals surface area contributed by atoms with Gasteiger partial charge in [0, 0.05) is 15.5 Å². The van der Waals surface area contributed by atoms with E-state index in [-0.39, 0.29) is 5.56 Å². The van der Waals surface area contributed by atoms with Gasteiger partial charge in [0.15, 0.2) is 11.5 Å².